The summed E-state index contributed by atoms with van der Waals surface area (Å²) in [6.07, 6.45) is 54.3. The quantitative estimate of drug-likeness (QED) is 0.0197. The number of phosphoric acid groups is 1. The molecule has 0 aliphatic heterocycles. The normalized spacial score (nSPS) is 14.4. The van der Waals surface area contributed by atoms with Gasteiger partial charge < -0.3 is 27.9 Å². The van der Waals surface area contributed by atoms with Gasteiger partial charge in [0.2, 0.25) is 0 Å². The molecule has 0 spiro atoms. The summed E-state index contributed by atoms with van der Waals surface area (Å²) < 4.78 is 33.9. The number of hydrogen-bond donors (Lipinski definition) is 0. The first-order chi connectivity index (χ1) is 29.0. The van der Waals surface area contributed by atoms with E-state index in [-0.39, 0.29) is 26.1 Å². The zero-order chi connectivity index (χ0) is 44.3. The Morgan fingerprint density at radius 2 is 0.950 bits per heavy atom. The Hall–Kier alpha value is -3.07. The maximum atomic E-state index is 12.7. The highest BCUT2D eigenvalue weighted by molar-refractivity contribution is 7.45. The molecule has 0 N–H and O–H groups in total. The summed E-state index contributed by atoms with van der Waals surface area (Å²) in [4.78, 5) is 37.6. The van der Waals surface area contributed by atoms with Crippen LogP contribution in [0.3, 0.4) is 0 Å². The Balaban J connectivity index is 4.47. The van der Waals surface area contributed by atoms with E-state index in [0.29, 0.717) is 23.9 Å². The van der Waals surface area contributed by atoms with Crippen molar-refractivity contribution < 1.29 is 42.1 Å². The van der Waals surface area contributed by atoms with E-state index in [1.54, 1.807) is 0 Å². The lowest BCUT2D eigenvalue weighted by molar-refractivity contribution is -0.870. The molecule has 0 aromatic heterocycles. The number of unbranched alkanes of at least 4 members (excludes halogenated alkanes) is 10. The van der Waals surface area contributed by atoms with Gasteiger partial charge in [-0.2, -0.15) is 0 Å². The van der Waals surface area contributed by atoms with Crippen molar-refractivity contribution in [1.29, 1.82) is 0 Å². The number of hydrogen-bond acceptors (Lipinski definition) is 8. The predicted octanol–water partition coefficient (Wildman–Crippen LogP) is 12.7. The largest absolute Gasteiger partial charge is 0.756 e. The fraction of sp³-hybridized carbons (Fsp3) is 0.640. The van der Waals surface area contributed by atoms with E-state index in [1.807, 2.05) is 21.1 Å². The topological polar surface area (TPSA) is 111 Å². The van der Waals surface area contributed by atoms with E-state index in [1.165, 1.54) is 25.7 Å². The SMILES string of the molecule is CC/C=C\C/C=C\C/C=C\C/C=C\C/C=C\CCCCCC(=O)O[C@H](COC(=O)CCCCCC/C=C\C/C=C\C/C=C\CCCCC)COP(=O)([O-])OCC[N+](C)(C)C. The molecule has 342 valence electrons. The van der Waals surface area contributed by atoms with Crippen molar-refractivity contribution in [2.45, 2.75) is 161 Å². The van der Waals surface area contributed by atoms with Gasteiger partial charge in [0.25, 0.3) is 7.82 Å². The molecule has 0 radical (unpaired) electrons. The van der Waals surface area contributed by atoms with Gasteiger partial charge in [-0.15, -0.1) is 0 Å². The van der Waals surface area contributed by atoms with Crippen LogP contribution in [0.1, 0.15) is 155 Å². The predicted molar refractivity (Wildman–Crippen MR) is 249 cm³/mol. The van der Waals surface area contributed by atoms with Crippen LogP contribution in [0.2, 0.25) is 0 Å². The fourth-order valence-electron chi connectivity index (χ4n) is 5.51. The standard InChI is InChI=1S/C50H84NO8P/c1-6-8-10-12-14-16-18-20-22-24-25-27-29-31-33-35-37-39-41-43-50(53)59-48(47-58-60(54,55)57-45-44-51(3,4)5)46-56-49(52)42-40-38-36-34-32-30-28-26-23-21-19-17-15-13-11-9-7-2/h8,10,14-17,20-23,25,27-28,30-31,33,48H,6-7,9,11-13,18-19,24,26,29,32,34-47H2,1-5H3/b10-8-,16-14-,17-15-,22-20-,23-21-,27-25-,30-28-,33-31-/t48-/m1/s1. The molecule has 0 amide bonds. The van der Waals surface area contributed by atoms with Crippen LogP contribution in [0.4, 0.5) is 0 Å². The van der Waals surface area contributed by atoms with Gasteiger partial charge in [0.1, 0.15) is 19.8 Å². The van der Waals surface area contributed by atoms with Crippen molar-refractivity contribution in [3.8, 4) is 0 Å². The molecular formula is C50H84NO8P. The monoisotopic (exact) mass is 858 g/mol. The number of rotatable bonds is 40. The van der Waals surface area contributed by atoms with Gasteiger partial charge in [-0.3, -0.25) is 14.2 Å². The third kappa shape index (κ3) is 44.5. The average molecular weight is 858 g/mol. The number of nitrogens with zero attached hydrogens (tertiary/aromatic N) is 1. The molecule has 10 heteroatoms. The summed E-state index contributed by atoms with van der Waals surface area (Å²) in [5.41, 5.74) is 0. The molecule has 0 saturated heterocycles. The molecule has 0 aliphatic carbocycles. The van der Waals surface area contributed by atoms with E-state index in [2.05, 4.69) is 111 Å². The minimum Gasteiger partial charge on any atom is -0.756 e. The van der Waals surface area contributed by atoms with Crippen LogP contribution in [0, 0.1) is 0 Å². The van der Waals surface area contributed by atoms with Crippen molar-refractivity contribution in [2.75, 3.05) is 47.5 Å². The lowest BCUT2D eigenvalue weighted by Gasteiger charge is -2.28. The molecule has 0 aromatic rings. The maximum absolute atomic E-state index is 12.7. The summed E-state index contributed by atoms with van der Waals surface area (Å²) in [5, 5.41) is 0. The maximum Gasteiger partial charge on any atom is 0.306 e. The highest BCUT2D eigenvalue weighted by Gasteiger charge is 2.21. The minimum atomic E-state index is -4.65. The van der Waals surface area contributed by atoms with E-state index >= 15 is 0 Å². The molecule has 0 aromatic carbocycles. The van der Waals surface area contributed by atoms with Gasteiger partial charge in [-0.05, 0) is 96.3 Å². The van der Waals surface area contributed by atoms with Crippen LogP contribution in [0.5, 0.6) is 0 Å². The van der Waals surface area contributed by atoms with Crippen LogP contribution < -0.4 is 4.89 Å². The van der Waals surface area contributed by atoms with E-state index in [9.17, 15) is 19.0 Å². The minimum absolute atomic E-state index is 0.0473. The molecule has 0 rings (SSSR count). The summed E-state index contributed by atoms with van der Waals surface area (Å²) in [6.45, 7) is 3.99. The zero-order valence-corrected chi connectivity index (χ0v) is 39.3. The molecule has 9 nitrogen and oxygen atoms in total. The molecule has 2 atom stereocenters. The van der Waals surface area contributed by atoms with Crippen LogP contribution in [-0.4, -0.2) is 70.0 Å². The number of quaternary nitrogens is 1. The first-order valence-electron chi connectivity index (χ1n) is 22.9. The number of likely N-dealkylation sites (N-methyl/N-ethyl adjacent to an activating group) is 1. The lowest BCUT2D eigenvalue weighted by atomic mass is 10.1. The Bertz CT molecular complexity index is 1340. The van der Waals surface area contributed by atoms with Gasteiger partial charge in [0.05, 0.1) is 27.7 Å². The first-order valence-corrected chi connectivity index (χ1v) is 24.4. The number of phosphoric ester groups is 1. The summed E-state index contributed by atoms with van der Waals surface area (Å²) in [5.74, 6) is -0.908. The lowest BCUT2D eigenvalue weighted by Crippen LogP contribution is -2.37. The second kappa shape index (κ2) is 41.3. The summed E-state index contributed by atoms with van der Waals surface area (Å²) in [7, 11) is 1.11. The van der Waals surface area contributed by atoms with Crippen LogP contribution in [0.15, 0.2) is 97.2 Å². The number of carbonyl (C=O) groups excluding carboxylic acids is 2. The number of carbonyl (C=O) groups is 2. The van der Waals surface area contributed by atoms with Gasteiger partial charge in [0, 0.05) is 12.8 Å². The molecule has 0 saturated carbocycles. The van der Waals surface area contributed by atoms with Crippen molar-refractivity contribution in [1.82, 2.24) is 0 Å². The van der Waals surface area contributed by atoms with Gasteiger partial charge in [-0.1, -0.05) is 143 Å². The molecular weight excluding hydrogens is 774 g/mol. The first kappa shape index (κ1) is 56.9. The van der Waals surface area contributed by atoms with E-state index in [4.69, 9.17) is 18.5 Å². The second-order valence-corrected chi connectivity index (χ2v) is 17.4. The van der Waals surface area contributed by atoms with Crippen molar-refractivity contribution in [2.24, 2.45) is 0 Å². The van der Waals surface area contributed by atoms with Crippen molar-refractivity contribution in [3.05, 3.63) is 97.2 Å². The highest BCUT2D eigenvalue weighted by Crippen LogP contribution is 2.38. The molecule has 0 fully saturated rings. The second-order valence-electron chi connectivity index (χ2n) is 16.0. The fourth-order valence-corrected chi connectivity index (χ4v) is 6.24. The van der Waals surface area contributed by atoms with Gasteiger partial charge >= 0.3 is 11.9 Å². The number of esters is 2. The molecule has 60 heavy (non-hydrogen) atoms. The molecule has 1 unspecified atom stereocenters. The highest BCUT2D eigenvalue weighted by atomic mass is 31.2. The Labute approximate surface area is 366 Å². The van der Waals surface area contributed by atoms with Gasteiger partial charge in [0.15, 0.2) is 6.10 Å². The molecule has 0 heterocycles. The third-order valence-electron chi connectivity index (χ3n) is 9.09. The number of ether oxygens (including phenoxy) is 2. The number of allylic oxidation sites excluding steroid dienone is 16. The molecule has 0 bridgehead atoms. The van der Waals surface area contributed by atoms with Crippen LogP contribution in [-0.2, 0) is 32.7 Å². The Kier molecular flexibility index (Phi) is 39.2. The van der Waals surface area contributed by atoms with Crippen LogP contribution in [0.25, 0.3) is 0 Å². The Morgan fingerprint density at radius 3 is 1.42 bits per heavy atom. The van der Waals surface area contributed by atoms with E-state index < -0.39 is 32.5 Å². The van der Waals surface area contributed by atoms with Crippen molar-refractivity contribution >= 4 is 19.8 Å². The van der Waals surface area contributed by atoms with Crippen LogP contribution >= 0.6 is 7.82 Å². The zero-order valence-electron chi connectivity index (χ0n) is 38.4. The molecule has 0 aliphatic rings. The van der Waals surface area contributed by atoms with Crippen molar-refractivity contribution in [3.63, 3.8) is 0 Å². The average Bonchev–Trinajstić information content (AvgIpc) is 3.20. The third-order valence-corrected chi connectivity index (χ3v) is 10.1. The Morgan fingerprint density at radius 1 is 0.533 bits per heavy atom. The summed E-state index contributed by atoms with van der Waals surface area (Å²) in [6, 6.07) is 0. The van der Waals surface area contributed by atoms with Gasteiger partial charge in [-0.25, -0.2) is 0 Å². The summed E-state index contributed by atoms with van der Waals surface area (Å²) >= 11 is 0. The van der Waals surface area contributed by atoms with E-state index in [0.717, 1.165) is 89.9 Å². The smallest absolute Gasteiger partial charge is 0.306 e.